The van der Waals surface area contributed by atoms with Gasteiger partial charge in [-0.3, -0.25) is 0 Å². The highest BCUT2D eigenvalue weighted by molar-refractivity contribution is 5.76. The fraction of sp³-hybridized carbons (Fsp3) is 0.462. The molecule has 0 bridgehead atoms. The second-order valence-corrected chi connectivity index (χ2v) is 4.06. The molecule has 1 heterocycles. The number of aryl methyl sites for hydroxylation is 1. The van der Waals surface area contributed by atoms with Crippen molar-refractivity contribution in [1.82, 2.24) is 0 Å². The fourth-order valence-electron chi connectivity index (χ4n) is 2.03. The molecule has 1 aliphatic rings. The second kappa shape index (κ2) is 4.85. The van der Waals surface area contributed by atoms with E-state index >= 15 is 0 Å². The number of benzene rings is 1. The standard InChI is InChI=1S/C13H16O4/c1-8-6-4-5-7-10(8)11-12(13(14)15-3)17-9(2)16-11/h4-7,9,11-12H,1-3H3/t9-,11-,12-/m0/s1. The van der Waals surface area contributed by atoms with Crippen LogP contribution in [0.1, 0.15) is 24.2 Å². The Morgan fingerprint density at radius 2 is 2.00 bits per heavy atom. The van der Waals surface area contributed by atoms with Crippen molar-refractivity contribution < 1.29 is 19.0 Å². The van der Waals surface area contributed by atoms with Crippen molar-refractivity contribution in [1.29, 1.82) is 0 Å². The van der Waals surface area contributed by atoms with Crippen molar-refractivity contribution in [3.05, 3.63) is 35.4 Å². The number of esters is 1. The van der Waals surface area contributed by atoms with Crippen molar-refractivity contribution in [2.75, 3.05) is 7.11 Å². The van der Waals surface area contributed by atoms with E-state index in [4.69, 9.17) is 14.2 Å². The molecule has 0 N–H and O–H groups in total. The summed E-state index contributed by atoms with van der Waals surface area (Å²) in [6, 6.07) is 7.79. The van der Waals surface area contributed by atoms with Crippen molar-refractivity contribution in [2.45, 2.75) is 32.3 Å². The van der Waals surface area contributed by atoms with E-state index in [1.807, 2.05) is 31.2 Å². The molecule has 0 radical (unpaired) electrons. The summed E-state index contributed by atoms with van der Waals surface area (Å²) in [6.45, 7) is 3.75. The van der Waals surface area contributed by atoms with E-state index in [-0.39, 0.29) is 0 Å². The predicted molar refractivity (Wildman–Crippen MR) is 61.4 cm³/mol. The van der Waals surface area contributed by atoms with Crippen LogP contribution in [0, 0.1) is 6.92 Å². The third-order valence-electron chi connectivity index (χ3n) is 2.88. The summed E-state index contributed by atoms with van der Waals surface area (Å²) in [6.07, 6.45) is -1.47. The Hall–Kier alpha value is -1.39. The zero-order valence-electron chi connectivity index (χ0n) is 10.2. The molecule has 92 valence electrons. The van der Waals surface area contributed by atoms with Crippen LogP contribution in [0.4, 0.5) is 0 Å². The zero-order valence-corrected chi connectivity index (χ0v) is 10.2. The summed E-state index contributed by atoms with van der Waals surface area (Å²) in [4.78, 5) is 11.6. The van der Waals surface area contributed by atoms with Crippen molar-refractivity contribution in [3.63, 3.8) is 0 Å². The molecular formula is C13H16O4. The number of hydrogen-bond donors (Lipinski definition) is 0. The van der Waals surface area contributed by atoms with Crippen LogP contribution in [0.3, 0.4) is 0 Å². The van der Waals surface area contributed by atoms with E-state index in [9.17, 15) is 4.79 Å². The lowest BCUT2D eigenvalue weighted by atomic mass is 10.00. The summed E-state index contributed by atoms with van der Waals surface area (Å²) >= 11 is 0. The lowest BCUT2D eigenvalue weighted by Gasteiger charge is -2.16. The van der Waals surface area contributed by atoms with Crippen LogP contribution in [-0.2, 0) is 19.0 Å². The summed E-state index contributed by atoms with van der Waals surface area (Å²) in [5.41, 5.74) is 2.04. The summed E-state index contributed by atoms with van der Waals surface area (Å²) in [7, 11) is 1.35. The summed E-state index contributed by atoms with van der Waals surface area (Å²) in [5, 5.41) is 0. The molecule has 1 aromatic carbocycles. The number of ether oxygens (including phenoxy) is 3. The topological polar surface area (TPSA) is 44.8 Å². The second-order valence-electron chi connectivity index (χ2n) is 4.06. The molecule has 1 aliphatic heterocycles. The summed E-state index contributed by atoms with van der Waals surface area (Å²) < 4.78 is 15.8. The molecule has 0 spiro atoms. The van der Waals surface area contributed by atoms with Crippen LogP contribution in [0.15, 0.2) is 24.3 Å². The lowest BCUT2D eigenvalue weighted by Crippen LogP contribution is -2.27. The van der Waals surface area contributed by atoms with E-state index in [2.05, 4.69) is 0 Å². The van der Waals surface area contributed by atoms with Gasteiger partial charge in [0.15, 0.2) is 12.4 Å². The minimum atomic E-state index is -0.684. The number of carbonyl (C=O) groups is 1. The predicted octanol–water partition coefficient (Wildman–Crippen LogP) is 1.97. The SMILES string of the molecule is COC(=O)[C@H]1O[C@@H](C)O[C@H]1c1ccccc1C. The normalized spacial score (nSPS) is 28.1. The molecule has 2 rings (SSSR count). The minimum absolute atomic E-state index is 0.390. The Morgan fingerprint density at radius 3 is 2.65 bits per heavy atom. The number of hydrogen-bond acceptors (Lipinski definition) is 4. The smallest absolute Gasteiger partial charge is 0.338 e. The van der Waals surface area contributed by atoms with Crippen LogP contribution in [0.5, 0.6) is 0 Å². The molecule has 1 saturated heterocycles. The molecule has 17 heavy (non-hydrogen) atoms. The van der Waals surface area contributed by atoms with Gasteiger partial charge in [-0.15, -0.1) is 0 Å². The summed E-state index contributed by atoms with van der Waals surface area (Å²) in [5.74, 6) is -0.400. The van der Waals surface area contributed by atoms with Crippen LogP contribution in [-0.4, -0.2) is 25.5 Å². The molecule has 3 atom stereocenters. The quantitative estimate of drug-likeness (QED) is 0.736. The van der Waals surface area contributed by atoms with Gasteiger partial charge in [0.25, 0.3) is 0 Å². The lowest BCUT2D eigenvalue weighted by molar-refractivity contribution is -0.153. The Kier molecular flexibility index (Phi) is 3.45. The molecule has 1 fully saturated rings. The highest BCUT2D eigenvalue weighted by Gasteiger charge is 2.41. The van der Waals surface area contributed by atoms with E-state index in [1.165, 1.54) is 7.11 Å². The molecule has 0 aliphatic carbocycles. The molecule has 0 unspecified atom stereocenters. The van der Waals surface area contributed by atoms with Gasteiger partial charge in [0.1, 0.15) is 6.10 Å². The van der Waals surface area contributed by atoms with Crippen LogP contribution >= 0.6 is 0 Å². The molecule has 4 heteroatoms. The number of carbonyl (C=O) groups excluding carboxylic acids is 1. The average molecular weight is 236 g/mol. The third-order valence-corrected chi connectivity index (χ3v) is 2.88. The van der Waals surface area contributed by atoms with Gasteiger partial charge in [-0.2, -0.15) is 0 Å². The Labute approximate surface area is 100 Å². The van der Waals surface area contributed by atoms with Gasteiger partial charge in [0, 0.05) is 0 Å². The van der Waals surface area contributed by atoms with Crippen LogP contribution in [0.2, 0.25) is 0 Å². The van der Waals surface area contributed by atoms with Gasteiger partial charge in [-0.1, -0.05) is 24.3 Å². The van der Waals surface area contributed by atoms with Gasteiger partial charge in [-0.25, -0.2) is 4.79 Å². The fourth-order valence-corrected chi connectivity index (χ4v) is 2.03. The zero-order chi connectivity index (χ0) is 12.4. The van der Waals surface area contributed by atoms with Crippen LogP contribution < -0.4 is 0 Å². The first-order valence-corrected chi connectivity index (χ1v) is 5.57. The highest BCUT2D eigenvalue weighted by atomic mass is 16.7. The first-order chi connectivity index (χ1) is 8.13. The van der Waals surface area contributed by atoms with Crippen LogP contribution in [0.25, 0.3) is 0 Å². The van der Waals surface area contributed by atoms with Crippen molar-refractivity contribution >= 4 is 5.97 Å². The van der Waals surface area contributed by atoms with Gasteiger partial charge in [0.2, 0.25) is 0 Å². The Balaban J connectivity index is 2.30. The average Bonchev–Trinajstić information content (AvgIpc) is 2.71. The van der Waals surface area contributed by atoms with E-state index < -0.39 is 24.5 Å². The van der Waals surface area contributed by atoms with Crippen molar-refractivity contribution in [3.8, 4) is 0 Å². The van der Waals surface area contributed by atoms with Gasteiger partial charge >= 0.3 is 5.97 Å². The molecular weight excluding hydrogens is 220 g/mol. The first-order valence-electron chi connectivity index (χ1n) is 5.57. The molecule has 4 nitrogen and oxygen atoms in total. The maximum absolute atomic E-state index is 11.6. The van der Waals surface area contributed by atoms with Gasteiger partial charge in [0.05, 0.1) is 7.11 Å². The number of rotatable bonds is 2. The molecule has 1 aromatic rings. The maximum atomic E-state index is 11.6. The van der Waals surface area contributed by atoms with Crippen molar-refractivity contribution in [2.24, 2.45) is 0 Å². The highest BCUT2D eigenvalue weighted by Crippen LogP contribution is 2.34. The monoisotopic (exact) mass is 236 g/mol. The molecule has 0 saturated carbocycles. The molecule has 0 aromatic heterocycles. The Morgan fingerprint density at radius 1 is 1.29 bits per heavy atom. The molecule has 0 amide bonds. The largest absolute Gasteiger partial charge is 0.467 e. The maximum Gasteiger partial charge on any atom is 0.338 e. The minimum Gasteiger partial charge on any atom is -0.467 e. The van der Waals surface area contributed by atoms with E-state index in [0.29, 0.717) is 0 Å². The van der Waals surface area contributed by atoms with E-state index in [1.54, 1.807) is 6.92 Å². The number of methoxy groups -OCH3 is 1. The van der Waals surface area contributed by atoms with Gasteiger partial charge < -0.3 is 14.2 Å². The van der Waals surface area contributed by atoms with E-state index in [0.717, 1.165) is 11.1 Å². The third kappa shape index (κ3) is 2.33. The first kappa shape index (κ1) is 12.1. The Bertz CT molecular complexity index is 416. The van der Waals surface area contributed by atoms with Gasteiger partial charge in [-0.05, 0) is 25.0 Å².